The van der Waals surface area contributed by atoms with E-state index in [2.05, 4.69) is 60.1 Å². The molecule has 0 atom stereocenters. The van der Waals surface area contributed by atoms with Crippen molar-refractivity contribution in [1.29, 1.82) is 0 Å². The summed E-state index contributed by atoms with van der Waals surface area (Å²) in [5.41, 5.74) is 2.10. The average Bonchev–Trinajstić information content (AvgIpc) is 3.49. The fraction of sp³-hybridized carbons (Fsp3) is 0.350. The number of amides is 1. The minimum atomic E-state index is -0.126. The number of hydrogen-bond donors (Lipinski definition) is 3. The van der Waals surface area contributed by atoms with Crippen LogP contribution >= 0.6 is 39.9 Å². The number of aromatic nitrogens is 1. The second kappa shape index (κ2) is 10.8. The van der Waals surface area contributed by atoms with E-state index in [0.717, 1.165) is 17.0 Å². The molecule has 0 bridgehead atoms. The van der Waals surface area contributed by atoms with Gasteiger partial charge < -0.3 is 16.0 Å². The Bertz CT molecular complexity index is 811. The minimum absolute atomic E-state index is 0. The number of benzene rings is 1. The maximum Gasteiger partial charge on any atom is 0.252 e. The van der Waals surface area contributed by atoms with E-state index in [0.29, 0.717) is 18.7 Å². The quantitative estimate of drug-likeness (QED) is 0.212. The Morgan fingerprint density at radius 1 is 1.18 bits per heavy atom. The highest BCUT2D eigenvalue weighted by Crippen LogP contribution is 2.48. The van der Waals surface area contributed by atoms with E-state index >= 15 is 0 Å². The first kappa shape index (κ1) is 22.6. The van der Waals surface area contributed by atoms with Crippen molar-refractivity contribution in [2.24, 2.45) is 4.99 Å². The molecule has 0 unspecified atom stereocenters. The molecule has 1 heterocycles. The molecule has 8 heteroatoms. The minimum Gasteiger partial charge on any atom is -0.356 e. The number of nitrogens with one attached hydrogen (secondary N) is 3. The molecular weight excluding hydrogens is 533 g/mol. The van der Waals surface area contributed by atoms with Gasteiger partial charge in [-0.25, -0.2) is 0 Å². The van der Waals surface area contributed by atoms with Gasteiger partial charge in [-0.2, -0.15) is 0 Å². The van der Waals surface area contributed by atoms with Crippen molar-refractivity contribution < 1.29 is 4.79 Å². The number of halogens is 2. The van der Waals surface area contributed by atoms with Gasteiger partial charge in [-0.1, -0.05) is 28.1 Å². The third kappa shape index (κ3) is 6.16. The Morgan fingerprint density at radius 2 is 1.96 bits per heavy atom. The number of guanidine groups is 1. The van der Waals surface area contributed by atoms with Crippen LogP contribution in [0.5, 0.6) is 0 Å². The van der Waals surface area contributed by atoms with E-state index < -0.39 is 0 Å². The molecular formula is C20H25BrIN5O. The van der Waals surface area contributed by atoms with Crippen LogP contribution in [0.25, 0.3) is 0 Å². The second-order valence-electron chi connectivity index (χ2n) is 6.64. The van der Waals surface area contributed by atoms with Crippen LogP contribution in [0.2, 0.25) is 0 Å². The SMILES string of the molecule is CN=C(NCCNC(=O)c1cccnc1)NCC1(c2cccc(Br)c2)CC1.I. The van der Waals surface area contributed by atoms with E-state index in [9.17, 15) is 4.79 Å². The highest BCUT2D eigenvalue weighted by Gasteiger charge is 2.44. The van der Waals surface area contributed by atoms with E-state index in [-0.39, 0.29) is 35.3 Å². The zero-order valence-electron chi connectivity index (χ0n) is 15.7. The Labute approximate surface area is 191 Å². The molecule has 1 aromatic carbocycles. The smallest absolute Gasteiger partial charge is 0.252 e. The Balaban J connectivity index is 0.00000280. The van der Waals surface area contributed by atoms with Crippen molar-refractivity contribution in [3.05, 3.63) is 64.4 Å². The zero-order valence-corrected chi connectivity index (χ0v) is 19.7. The fourth-order valence-corrected chi connectivity index (χ4v) is 3.37. The van der Waals surface area contributed by atoms with Gasteiger partial charge in [-0.3, -0.25) is 14.8 Å². The van der Waals surface area contributed by atoms with Gasteiger partial charge in [0.25, 0.3) is 5.91 Å². The molecule has 1 saturated carbocycles. The summed E-state index contributed by atoms with van der Waals surface area (Å²) in [7, 11) is 1.75. The number of rotatable bonds is 7. The summed E-state index contributed by atoms with van der Waals surface area (Å²) in [6.45, 7) is 1.94. The molecule has 6 nitrogen and oxygen atoms in total. The Kier molecular flexibility index (Phi) is 8.68. The molecule has 2 aromatic rings. The lowest BCUT2D eigenvalue weighted by Gasteiger charge is -2.19. The number of hydrogen-bond acceptors (Lipinski definition) is 3. The molecule has 28 heavy (non-hydrogen) atoms. The van der Waals surface area contributed by atoms with Crippen molar-refractivity contribution in [1.82, 2.24) is 20.9 Å². The van der Waals surface area contributed by atoms with Gasteiger partial charge in [-0.15, -0.1) is 24.0 Å². The van der Waals surface area contributed by atoms with Crippen LogP contribution in [0.1, 0.15) is 28.8 Å². The third-order valence-corrected chi connectivity index (χ3v) is 5.23. The molecule has 1 amide bonds. The monoisotopic (exact) mass is 557 g/mol. The molecule has 1 aliphatic rings. The molecule has 3 N–H and O–H groups in total. The number of carbonyl (C=O) groups excluding carboxylic acids is 1. The normalized spacial score (nSPS) is 14.6. The predicted octanol–water partition coefficient (Wildman–Crippen LogP) is 3.09. The van der Waals surface area contributed by atoms with Crippen molar-refractivity contribution >= 4 is 51.8 Å². The summed E-state index contributed by atoms with van der Waals surface area (Å²) in [4.78, 5) is 20.2. The molecule has 1 aromatic heterocycles. The molecule has 1 fully saturated rings. The third-order valence-electron chi connectivity index (χ3n) is 4.74. The standard InChI is InChI=1S/C20H24BrN5O.HI/c1-22-19(25-11-10-24-18(27)15-4-3-9-23-13-15)26-14-20(7-8-20)16-5-2-6-17(21)12-16;/h2-6,9,12-13H,7-8,10-11,14H2,1H3,(H,24,27)(H2,22,25,26);1H. The lowest BCUT2D eigenvalue weighted by molar-refractivity contribution is 0.0954. The van der Waals surface area contributed by atoms with Gasteiger partial charge in [0.1, 0.15) is 0 Å². The Hall–Kier alpha value is -1.68. The van der Waals surface area contributed by atoms with Crippen LogP contribution in [0.3, 0.4) is 0 Å². The maximum absolute atomic E-state index is 12.0. The number of carbonyl (C=O) groups is 1. The van der Waals surface area contributed by atoms with Gasteiger partial charge in [0.05, 0.1) is 5.56 Å². The van der Waals surface area contributed by atoms with Gasteiger partial charge >= 0.3 is 0 Å². The van der Waals surface area contributed by atoms with Crippen LogP contribution < -0.4 is 16.0 Å². The average molecular weight is 558 g/mol. The van der Waals surface area contributed by atoms with Gasteiger partial charge in [-0.05, 0) is 42.7 Å². The van der Waals surface area contributed by atoms with E-state index in [1.165, 1.54) is 18.4 Å². The molecule has 0 spiro atoms. The summed E-state index contributed by atoms with van der Waals surface area (Å²) in [5.74, 6) is 0.617. The Morgan fingerprint density at radius 3 is 2.61 bits per heavy atom. The highest BCUT2D eigenvalue weighted by molar-refractivity contribution is 14.0. The second-order valence-corrected chi connectivity index (χ2v) is 7.56. The van der Waals surface area contributed by atoms with Gasteiger partial charge in [0, 0.05) is 49.0 Å². The van der Waals surface area contributed by atoms with Crippen molar-refractivity contribution in [3.63, 3.8) is 0 Å². The molecule has 1 aliphatic carbocycles. The summed E-state index contributed by atoms with van der Waals surface area (Å²) in [6, 6.07) is 12.0. The summed E-state index contributed by atoms with van der Waals surface area (Å²) in [6.07, 6.45) is 5.55. The van der Waals surface area contributed by atoms with Gasteiger partial charge in [0.2, 0.25) is 0 Å². The molecule has 0 aliphatic heterocycles. The predicted molar refractivity (Wildman–Crippen MR) is 126 cm³/mol. The van der Waals surface area contributed by atoms with Crippen molar-refractivity contribution in [2.45, 2.75) is 18.3 Å². The summed E-state index contributed by atoms with van der Waals surface area (Å²) >= 11 is 3.55. The maximum atomic E-state index is 12.0. The first-order valence-corrected chi connectivity index (χ1v) is 9.81. The largest absolute Gasteiger partial charge is 0.356 e. The summed E-state index contributed by atoms with van der Waals surface area (Å²) < 4.78 is 1.11. The lowest BCUT2D eigenvalue weighted by Crippen LogP contribution is -2.44. The summed E-state index contributed by atoms with van der Waals surface area (Å²) in [5, 5.41) is 9.52. The van der Waals surface area contributed by atoms with Crippen LogP contribution in [-0.4, -0.2) is 43.5 Å². The van der Waals surface area contributed by atoms with Crippen LogP contribution in [0.15, 0.2) is 58.3 Å². The first-order valence-electron chi connectivity index (χ1n) is 9.02. The molecule has 150 valence electrons. The van der Waals surface area contributed by atoms with Crippen LogP contribution in [0.4, 0.5) is 0 Å². The van der Waals surface area contributed by atoms with Crippen molar-refractivity contribution in [2.75, 3.05) is 26.7 Å². The van der Waals surface area contributed by atoms with E-state index in [4.69, 9.17) is 0 Å². The van der Waals surface area contributed by atoms with E-state index in [1.54, 1.807) is 31.6 Å². The van der Waals surface area contributed by atoms with Gasteiger partial charge in [0.15, 0.2) is 5.96 Å². The number of pyridine rings is 1. The number of aliphatic imine (C=N–C) groups is 1. The van der Waals surface area contributed by atoms with E-state index in [1.807, 2.05) is 6.07 Å². The fourth-order valence-electron chi connectivity index (χ4n) is 2.97. The van der Waals surface area contributed by atoms with Crippen LogP contribution in [0, 0.1) is 0 Å². The molecule has 3 rings (SSSR count). The zero-order chi connectivity index (χ0) is 19.1. The topological polar surface area (TPSA) is 78.4 Å². The number of nitrogens with zero attached hydrogens (tertiary/aromatic N) is 2. The molecule has 0 radical (unpaired) electrons. The highest BCUT2D eigenvalue weighted by atomic mass is 127. The molecule has 0 saturated heterocycles. The lowest BCUT2D eigenvalue weighted by atomic mass is 9.96. The van der Waals surface area contributed by atoms with Crippen molar-refractivity contribution in [3.8, 4) is 0 Å². The van der Waals surface area contributed by atoms with Crippen LogP contribution in [-0.2, 0) is 5.41 Å². The first-order chi connectivity index (χ1) is 13.1.